The van der Waals surface area contributed by atoms with Crippen molar-refractivity contribution in [2.45, 2.75) is 44.7 Å². The number of aromatic amines is 1. The molecule has 152 valence electrons. The average molecular weight is 400 g/mol. The summed E-state index contributed by atoms with van der Waals surface area (Å²) in [6, 6.07) is 12.5. The van der Waals surface area contributed by atoms with Gasteiger partial charge in [-0.25, -0.2) is 15.0 Å². The zero-order valence-corrected chi connectivity index (χ0v) is 16.7. The minimum absolute atomic E-state index is 0.453. The van der Waals surface area contributed by atoms with Crippen LogP contribution in [0, 0.1) is 0 Å². The standard InChI is InChI=1S/C22H24N8/c1-3-7-15(8-4-1)13-24-21-23-12-11-18(27-21)19-17-14-25-22(28-20(17)30-29-19)26-16-9-5-2-6-10-16/h1,3-4,7-8,11-12,14,16H,2,5-6,9-10,13H2,(H,23,24,27)(H2,25,26,28,29,30). The Bertz CT molecular complexity index is 1120. The molecule has 8 nitrogen and oxygen atoms in total. The number of hydrogen-bond acceptors (Lipinski definition) is 7. The summed E-state index contributed by atoms with van der Waals surface area (Å²) in [5.41, 5.74) is 3.35. The van der Waals surface area contributed by atoms with Gasteiger partial charge in [0.25, 0.3) is 0 Å². The first-order chi connectivity index (χ1) is 14.8. The number of fused-ring (bicyclic) bond motifs is 1. The summed E-state index contributed by atoms with van der Waals surface area (Å²) in [5, 5.41) is 15.0. The van der Waals surface area contributed by atoms with Crippen molar-refractivity contribution in [3.8, 4) is 11.4 Å². The number of rotatable bonds is 6. The molecule has 0 atom stereocenters. The van der Waals surface area contributed by atoms with Crippen molar-refractivity contribution in [1.82, 2.24) is 30.1 Å². The monoisotopic (exact) mass is 400 g/mol. The third-order valence-electron chi connectivity index (χ3n) is 5.46. The van der Waals surface area contributed by atoms with Crippen LogP contribution in [0.25, 0.3) is 22.4 Å². The molecule has 30 heavy (non-hydrogen) atoms. The molecule has 8 heteroatoms. The first kappa shape index (κ1) is 18.5. The molecular weight excluding hydrogens is 376 g/mol. The van der Waals surface area contributed by atoms with E-state index in [0.29, 0.717) is 30.1 Å². The highest BCUT2D eigenvalue weighted by Crippen LogP contribution is 2.25. The van der Waals surface area contributed by atoms with Crippen LogP contribution in [0.1, 0.15) is 37.7 Å². The van der Waals surface area contributed by atoms with Crippen LogP contribution < -0.4 is 10.6 Å². The van der Waals surface area contributed by atoms with E-state index in [-0.39, 0.29) is 0 Å². The maximum absolute atomic E-state index is 4.63. The number of H-pyrrole nitrogens is 1. The van der Waals surface area contributed by atoms with Crippen LogP contribution in [-0.4, -0.2) is 36.2 Å². The average Bonchev–Trinajstić information content (AvgIpc) is 3.23. The van der Waals surface area contributed by atoms with Gasteiger partial charge in [0.2, 0.25) is 11.9 Å². The highest BCUT2D eigenvalue weighted by molar-refractivity contribution is 5.89. The smallest absolute Gasteiger partial charge is 0.224 e. The molecule has 1 fully saturated rings. The third kappa shape index (κ3) is 4.07. The summed E-state index contributed by atoms with van der Waals surface area (Å²) in [6.07, 6.45) is 9.75. The predicted molar refractivity (Wildman–Crippen MR) is 117 cm³/mol. The van der Waals surface area contributed by atoms with Crippen molar-refractivity contribution in [3.63, 3.8) is 0 Å². The van der Waals surface area contributed by atoms with E-state index >= 15 is 0 Å². The Morgan fingerprint density at radius 2 is 1.80 bits per heavy atom. The molecule has 1 aromatic carbocycles. The van der Waals surface area contributed by atoms with Gasteiger partial charge in [-0.2, -0.15) is 10.1 Å². The summed E-state index contributed by atoms with van der Waals surface area (Å²) in [7, 11) is 0. The maximum Gasteiger partial charge on any atom is 0.224 e. The van der Waals surface area contributed by atoms with Crippen LogP contribution in [0.2, 0.25) is 0 Å². The van der Waals surface area contributed by atoms with E-state index in [2.05, 4.69) is 52.9 Å². The van der Waals surface area contributed by atoms with E-state index < -0.39 is 0 Å². The molecule has 0 unspecified atom stereocenters. The normalized spacial score (nSPS) is 14.7. The SMILES string of the molecule is c1ccc(CNc2nccc(-c3[nH]nc4nc(NC5CCCCC5)ncc34)n2)cc1. The molecule has 3 heterocycles. The van der Waals surface area contributed by atoms with Crippen molar-refractivity contribution >= 4 is 22.9 Å². The first-order valence-electron chi connectivity index (χ1n) is 10.4. The molecule has 0 spiro atoms. The van der Waals surface area contributed by atoms with E-state index in [0.717, 1.165) is 16.8 Å². The Morgan fingerprint density at radius 1 is 0.933 bits per heavy atom. The molecule has 0 radical (unpaired) electrons. The second kappa shape index (κ2) is 8.44. The Labute approximate surface area is 174 Å². The summed E-state index contributed by atoms with van der Waals surface area (Å²) in [5.74, 6) is 1.20. The fourth-order valence-corrected chi connectivity index (χ4v) is 3.86. The van der Waals surface area contributed by atoms with Crippen LogP contribution in [0.15, 0.2) is 48.8 Å². The minimum atomic E-state index is 0.453. The predicted octanol–water partition coefficient (Wildman–Crippen LogP) is 4.17. The maximum atomic E-state index is 4.63. The molecule has 0 aliphatic heterocycles. The fourth-order valence-electron chi connectivity index (χ4n) is 3.86. The Kier molecular flexibility index (Phi) is 5.20. The van der Waals surface area contributed by atoms with Crippen molar-refractivity contribution in [1.29, 1.82) is 0 Å². The van der Waals surface area contributed by atoms with Gasteiger partial charge in [-0.05, 0) is 24.5 Å². The van der Waals surface area contributed by atoms with Crippen molar-refractivity contribution < 1.29 is 0 Å². The molecule has 3 aromatic heterocycles. The van der Waals surface area contributed by atoms with Crippen LogP contribution >= 0.6 is 0 Å². The van der Waals surface area contributed by atoms with Crippen LogP contribution in [0.4, 0.5) is 11.9 Å². The second-order valence-corrected chi connectivity index (χ2v) is 7.61. The second-order valence-electron chi connectivity index (χ2n) is 7.61. The van der Waals surface area contributed by atoms with Gasteiger partial charge < -0.3 is 10.6 Å². The number of hydrogen-bond donors (Lipinski definition) is 3. The van der Waals surface area contributed by atoms with Gasteiger partial charge in [0.05, 0.1) is 16.8 Å². The van der Waals surface area contributed by atoms with Gasteiger partial charge in [-0.15, -0.1) is 0 Å². The number of nitrogens with one attached hydrogen (secondary N) is 3. The largest absolute Gasteiger partial charge is 0.351 e. The number of aromatic nitrogens is 6. The zero-order chi connectivity index (χ0) is 20.2. The minimum Gasteiger partial charge on any atom is -0.351 e. The fraction of sp³-hybridized carbons (Fsp3) is 0.318. The van der Waals surface area contributed by atoms with Crippen LogP contribution in [0.3, 0.4) is 0 Å². The molecule has 0 saturated heterocycles. The van der Waals surface area contributed by atoms with Gasteiger partial charge in [0, 0.05) is 25.0 Å². The topological polar surface area (TPSA) is 104 Å². The molecular formula is C22H24N8. The lowest BCUT2D eigenvalue weighted by molar-refractivity contribution is 0.461. The van der Waals surface area contributed by atoms with E-state index in [4.69, 9.17) is 0 Å². The van der Waals surface area contributed by atoms with Gasteiger partial charge in [-0.3, -0.25) is 5.10 Å². The summed E-state index contributed by atoms with van der Waals surface area (Å²) < 4.78 is 0. The molecule has 5 rings (SSSR count). The lowest BCUT2D eigenvalue weighted by Crippen LogP contribution is -2.23. The van der Waals surface area contributed by atoms with E-state index in [9.17, 15) is 0 Å². The molecule has 4 aromatic rings. The molecule has 0 bridgehead atoms. The lowest BCUT2D eigenvalue weighted by atomic mass is 9.96. The van der Waals surface area contributed by atoms with E-state index in [1.54, 1.807) is 6.20 Å². The van der Waals surface area contributed by atoms with E-state index in [1.165, 1.54) is 37.7 Å². The third-order valence-corrected chi connectivity index (χ3v) is 5.46. The van der Waals surface area contributed by atoms with E-state index in [1.807, 2.05) is 30.5 Å². The van der Waals surface area contributed by atoms with Crippen LogP contribution in [0.5, 0.6) is 0 Å². The molecule has 1 aliphatic rings. The van der Waals surface area contributed by atoms with Gasteiger partial charge in [0.1, 0.15) is 0 Å². The van der Waals surface area contributed by atoms with Crippen molar-refractivity contribution in [2.75, 3.05) is 10.6 Å². The highest BCUT2D eigenvalue weighted by atomic mass is 15.2. The Balaban J connectivity index is 1.34. The quantitative estimate of drug-likeness (QED) is 0.446. The molecule has 0 amide bonds. The molecule has 1 aliphatic carbocycles. The Morgan fingerprint density at radius 3 is 2.67 bits per heavy atom. The lowest BCUT2D eigenvalue weighted by Gasteiger charge is -2.22. The number of anilines is 2. The summed E-state index contributed by atoms with van der Waals surface area (Å²) in [6.45, 7) is 0.660. The van der Waals surface area contributed by atoms with Crippen molar-refractivity contribution in [2.24, 2.45) is 0 Å². The van der Waals surface area contributed by atoms with Gasteiger partial charge in [0.15, 0.2) is 5.65 Å². The zero-order valence-electron chi connectivity index (χ0n) is 16.7. The van der Waals surface area contributed by atoms with Gasteiger partial charge >= 0.3 is 0 Å². The first-order valence-corrected chi connectivity index (χ1v) is 10.4. The van der Waals surface area contributed by atoms with Crippen LogP contribution in [-0.2, 0) is 6.54 Å². The van der Waals surface area contributed by atoms with Crippen molar-refractivity contribution in [3.05, 3.63) is 54.4 Å². The molecule has 1 saturated carbocycles. The summed E-state index contributed by atoms with van der Waals surface area (Å²) in [4.78, 5) is 18.1. The number of benzene rings is 1. The summed E-state index contributed by atoms with van der Waals surface area (Å²) >= 11 is 0. The Hall–Kier alpha value is -3.55. The highest BCUT2D eigenvalue weighted by Gasteiger charge is 2.16. The number of nitrogens with zero attached hydrogens (tertiary/aromatic N) is 5. The van der Waals surface area contributed by atoms with Gasteiger partial charge in [-0.1, -0.05) is 49.6 Å². The molecule has 3 N–H and O–H groups in total.